The largest absolute Gasteiger partial charge is 0.573 e. The van der Waals surface area contributed by atoms with E-state index >= 15 is 0 Å². The summed E-state index contributed by atoms with van der Waals surface area (Å²) in [5, 5.41) is 0.842. The number of nitrogens with zero attached hydrogens (tertiary/aromatic N) is 1. The van der Waals surface area contributed by atoms with Crippen molar-refractivity contribution in [2.24, 2.45) is 0 Å². The van der Waals surface area contributed by atoms with Crippen molar-refractivity contribution < 1.29 is 31.5 Å². The second-order valence-electron chi connectivity index (χ2n) is 8.62. The molecule has 5 rings (SSSR count). The molecule has 1 aliphatic heterocycles. The molecular weight excluding hydrogens is 474 g/mol. The Morgan fingerprint density at radius 2 is 1.67 bits per heavy atom. The van der Waals surface area contributed by atoms with Crippen LogP contribution < -0.4 is 9.47 Å². The third-order valence-electron chi connectivity index (χ3n) is 6.15. The smallest absolute Gasteiger partial charge is 0.493 e. The lowest BCUT2D eigenvalue weighted by Gasteiger charge is -2.26. The summed E-state index contributed by atoms with van der Waals surface area (Å²) in [5.41, 5.74) is 4.51. The van der Waals surface area contributed by atoms with Crippen molar-refractivity contribution in [1.82, 2.24) is 4.90 Å². The van der Waals surface area contributed by atoms with E-state index in [1.54, 1.807) is 7.11 Å². The molecule has 0 saturated carbocycles. The van der Waals surface area contributed by atoms with Gasteiger partial charge in [-0.15, -0.1) is 13.2 Å². The molecule has 36 heavy (non-hydrogen) atoms. The van der Waals surface area contributed by atoms with Crippen LogP contribution in [0.2, 0.25) is 0 Å². The van der Waals surface area contributed by atoms with Gasteiger partial charge in [0.15, 0.2) is 11.3 Å². The van der Waals surface area contributed by atoms with E-state index in [-0.39, 0.29) is 11.6 Å². The summed E-state index contributed by atoms with van der Waals surface area (Å²) in [7, 11) is 1.57. The molecule has 4 aromatic rings. The van der Waals surface area contributed by atoms with Crippen LogP contribution in [0.25, 0.3) is 27.9 Å². The Hall–Kier alpha value is -3.78. The number of alkyl halides is 3. The predicted molar refractivity (Wildman–Crippen MR) is 129 cm³/mol. The lowest BCUT2D eigenvalue weighted by Crippen LogP contribution is -2.28. The fraction of sp³-hybridized carbons (Fsp3) is 0.214. The molecule has 1 aromatic heterocycles. The first-order valence-electron chi connectivity index (χ1n) is 11.4. The van der Waals surface area contributed by atoms with Gasteiger partial charge in [-0.3, -0.25) is 4.90 Å². The molecule has 0 amide bonds. The molecule has 0 aliphatic carbocycles. The first-order valence-corrected chi connectivity index (χ1v) is 11.4. The maximum atomic E-state index is 13.2. The average Bonchev–Trinajstić information content (AvgIpc) is 3.28. The zero-order valence-electron chi connectivity index (χ0n) is 19.4. The van der Waals surface area contributed by atoms with Gasteiger partial charge in [-0.25, -0.2) is 4.39 Å². The fourth-order valence-corrected chi connectivity index (χ4v) is 4.43. The number of hydrogen-bond donors (Lipinski definition) is 0. The fourth-order valence-electron chi connectivity index (χ4n) is 4.43. The second-order valence-corrected chi connectivity index (χ2v) is 8.62. The van der Waals surface area contributed by atoms with Crippen LogP contribution in [0.1, 0.15) is 17.5 Å². The quantitative estimate of drug-likeness (QED) is 0.260. The van der Waals surface area contributed by atoms with E-state index in [2.05, 4.69) is 15.7 Å². The monoisotopic (exact) mass is 497 g/mol. The van der Waals surface area contributed by atoms with Gasteiger partial charge < -0.3 is 13.9 Å². The molecule has 4 nitrogen and oxygen atoms in total. The van der Waals surface area contributed by atoms with Gasteiger partial charge in [0.05, 0.1) is 7.11 Å². The number of hydrogen-bond acceptors (Lipinski definition) is 4. The van der Waals surface area contributed by atoms with Crippen molar-refractivity contribution in [3.63, 3.8) is 0 Å². The Morgan fingerprint density at radius 1 is 0.944 bits per heavy atom. The Balaban J connectivity index is 1.33. The van der Waals surface area contributed by atoms with Crippen LogP contribution in [0.15, 0.2) is 77.2 Å². The van der Waals surface area contributed by atoms with Gasteiger partial charge in [-0.05, 0) is 77.7 Å². The van der Waals surface area contributed by atoms with Gasteiger partial charge in [-0.1, -0.05) is 18.2 Å². The lowest BCUT2D eigenvalue weighted by atomic mass is 9.99. The van der Waals surface area contributed by atoms with E-state index in [4.69, 9.17) is 9.15 Å². The van der Waals surface area contributed by atoms with Crippen LogP contribution in [0.4, 0.5) is 17.6 Å². The summed E-state index contributed by atoms with van der Waals surface area (Å²) in [5.74, 6) is 0.575. The van der Waals surface area contributed by atoms with Crippen molar-refractivity contribution in [2.75, 3.05) is 20.2 Å². The Kier molecular flexibility index (Phi) is 6.45. The summed E-state index contributed by atoms with van der Waals surface area (Å²) in [6, 6.07) is 17.9. The first kappa shape index (κ1) is 23.9. The molecule has 0 bridgehead atoms. The van der Waals surface area contributed by atoms with Crippen LogP contribution in [0, 0.1) is 5.82 Å². The topological polar surface area (TPSA) is 34.8 Å². The number of methoxy groups -OCH3 is 1. The average molecular weight is 497 g/mol. The van der Waals surface area contributed by atoms with E-state index in [0.717, 1.165) is 36.0 Å². The van der Waals surface area contributed by atoms with Gasteiger partial charge in [0.25, 0.3) is 0 Å². The molecule has 8 heteroatoms. The molecule has 0 spiro atoms. The molecule has 0 saturated heterocycles. The highest BCUT2D eigenvalue weighted by atomic mass is 19.4. The molecule has 186 valence electrons. The summed E-state index contributed by atoms with van der Waals surface area (Å²) >= 11 is 0. The molecule has 3 aromatic carbocycles. The number of furan rings is 1. The third-order valence-corrected chi connectivity index (χ3v) is 6.15. The van der Waals surface area contributed by atoms with Crippen molar-refractivity contribution in [3.05, 3.63) is 89.8 Å². The minimum atomic E-state index is -4.74. The zero-order valence-corrected chi connectivity index (χ0v) is 19.4. The number of halogens is 4. The molecule has 0 radical (unpaired) electrons. The van der Waals surface area contributed by atoms with Gasteiger partial charge in [0.1, 0.15) is 17.3 Å². The number of fused-ring (bicyclic) bond motifs is 1. The van der Waals surface area contributed by atoms with Gasteiger partial charge in [-0.2, -0.15) is 0 Å². The van der Waals surface area contributed by atoms with Crippen molar-refractivity contribution in [3.8, 4) is 22.8 Å². The van der Waals surface area contributed by atoms with Crippen LogP contribution in [0.3, 0.4) is 0 Å². The predicted octanol–water partition coefficient (Wildman–Crippen LogP) is 7.44. The van der Waals surface area contributed by atoms with E-state index in [1.807, 2.05) is 30.3 Å². The van der Waals surface area contributed by atoms with Crippen LogP contribution in [-0.4, -0.2) is 31.5 Å². The molecule has 1 aliphatic rings. The van der Waals surface area contributed by atoms with Gasteiger partial charge >= 0.3 is 6.36 Å². The lowest BCUT2D eigenvalue weighted by molar-refractivity contribution is -0.274. The normalized spacial score (nSPS) is 14.6. The molecular formula is C28H23F4NO3. The third kappa shape index (κ3) is 5.39. The number of rotatable bonds is 6. The first-order chi connectivity index (χ1) is 17.3. The standard InChI is InChI=1S/C28H23F4NO3/c1-34-26-15-18(17-33-12-10-20(11-13-33)19-2-6-23(29)7-3-19)14-22-16-25(35-27(22)26)21-4-8-24(9-5-21)36-28(30,31)32/h2-10,14-16H,11-13,17H2,1H3. The van der Waals surface area contributed by atoms with Crippen molar-refractivity contribution in [1.29, 1.82) is 0 Å². The van der Waals surface area contributed by atoms with Gasteiger partial charge in [0, 0.05) is 30.6 Å². The van der Waals surface area contributed by atoms with Crippen molar-refractivity contribution in [2.45, 2.75) is 19.3 Å². The van der Waals surface area contributed by atoms with E-state index in [9.17, 15) is 17.6 Å². The number of ether oxygens (including phenoxy) is 2. The maximum Gasteiger partial charge on any atom is 0.573 e. The van der Waals surface area contributed by atoms with Crippen LogP contribution in [0.5, 0.6) is 11.5 Å². The van der Waals surface area contributed by atoms with E-state index in [0.29, 0.717) is 29.2 Å². The summed E-state index contributed by atoms with van der Waals surface area (Å²) in [4.78, 5) is 2.31. The van der Waals surface area contributed by atoms with Gasteiger partial charge in [0.2, 0.25) is 0 Å². The van der Waals surface area contributed by atoms with E-state index in [1.165, 1.54) is 42.0 Å². The SMILES string of the molecule is COc1cc(CN2CC=C(c3ccc(F)cc3)CC2)cc2cc(-c3ccc(OC(F)(F)F)cc3)oc12. The summed E-state index contributed by atoms with van der Waals surface area (Å²) < 4.78 is 66.0. The number of benzene rings is 3. The highest BCUT2D eigenvalue weighted by molar-refractivity contribution is 5.88. The summed E-state index contributed by atoms with van der Waals surface area (Å²) in [6.45, 7) is 2.35. The minimum Gasteiger partial charge on any atom is -0.493 e. The second kappa shape index (κ2) is 9.70. The van der Waals surface area contributed by atoms with Crippen LogP contribution >= 0.6 is 0 Å². The Bertz CT molecular complexity index is 1390. The molecule has 0 N–H and O–H groups in total. The summed E-state index contributed by atoms with van der Waals surface area (Å²) in [6.07, 6.45) is -1.69. The highest BCUT2D eigenvalue weighted by Crippen LogP contribution is 2.36. The molecule has 0 fully saturated rings. The molecule has 0 atom stereocenters. The molecule has 2 heterocycles. The Labute approximate surface area is 205 Å². The Morgan fingerprint density at radius 3 is 2.31 bits per heavy atom. The van der Waals surface area contributed by atoms with Crippen LogP contribution in [-0.2, 0) is 6.54 Å². The highest BCUT2D eigenvalue weighted by Gasteiger charge is 2.31. The zero-order chi connectivity index (χ0) is 25.3. The molecule has 0 unspecified atom stereocenters. The maximum absolute atomic E-state index is 13.2. The minimum absolute atomic E-state index is 0.240. The van der Waals surface area contributed by atoms with E-state index < -0.39 is 6.36 Å². The van der Waals surface area contributed by atoms with Crippen molar-refractivity contribution >= 4 is 16.5 Å².